The molecule has 0 aliphatic carbocycles. The van der Waals surface area contributed by atoms with Crippen LogP contribution in [0.25, 0.3) is 0 Å². The lowest BCUT2D eigenvalue weighted by atomic mass is 10.0. The largest absolute Gasteiger partial charge is 0.462 e. The van der Waals surface area contributed by atoms with Crippen LogP contribution in [0.1, 0.15) is 259 Å². The number of unbranched alkanes of at least 4 members (excludes halogenated alkanes) is 23. The Balaban J connectivity index is 2.37. The first-order valence-corrected chi connectivity index (χ1v) is 27.6. The molecule has 1 aliphatic rings. The Labute approximate surface area is 373 Å². The molecule has 0 aromatic rings. The topological polar surface area (TPSA) is 109 Å². The summed E-state index contributed by atoms with van der Waals surface area (Å²) in [7, 11) is -0.737. The zero-order valence-electron chi connectivity index (χ0n) is 40.4. The van der Waals surface area contributed by atoms with E-state index < -0.39 is 10.1 Å². The van der Waals surface area contributed by atoms with E-state index in [1.54, 1.807) is 7.05 Å². The predicted molar refractivity (Wildman–Crippen MR) is 257 cm³/mol. The lowest BCUT2D eigenvalue weighted by molar-refractivity contribution is -0.150. The third-order valence-corrected chi connectivity index (χ3v) is 14.2. The van der Waals surface area contributed by atoms with E-state index in [2.05, 4.69) is 46.4 Å². The van der Waals surface area contributed by atoms with Gasteiger partial charge < -0.3 is 14.4 Å². The maximum absolute atomic E-state index is 12.9. The van der Waals surface area contributed by atoms with Crippen LogP contribution in [0.2, 0.25) is 0 Å². The molecule has 60 heavy (non-hydrogen) atoms. The Morgan fingerprint density at radius 3 is 1.38 bits per heavy atom. The first-order valence-electron chi connectivity index (χ1n) is 26.1. The predicted octanol–water partition coefficient (Wildman–Crippen LogP) is 13.7. The second-order valence-corrected chi connectivity index (χ2v) is 20.1. The van der Waals surface area contributed by atoms with Gasteiger partial charge in [-0.2, -0.15) is 0 Å². The van der Waals surface area contributed by atoms with E-state index in [0.717, 1.165) is 103 Å². The van der Waals surface area contributed by atoms with E-state index in [0.29, 0.717) is 19.4 Å². The average Bonchev–Trinajstić information content (AvgIpc) is 3.63. The summed E-state index contributed by atoms with van der Waals surface area (Å²) in [6.07, 6.45) is 41.3. The van der Waals surface area contributed by atoms with Crippen LogP contribution >= 0.6 is 0 Å². The van der Waals surface area contributed by atoms with Crippen molar-refractivity contribution in [2.75, 3.05) is 33.2 Å². The smallest absolute Gasteiger partial charge is 0.306 e. The van der Waals surface area contributed by atoms with Crippen molar-refractivity contribution < 1.29 is 23.3 Å². The Bertz CT molecular complexity index is 1100. The van der Waals surface area contributed by atoms with Gasteiger partial charge in [0.1, 0.15) is 12.2 Å². The SMILES string of the molecule is CCCCCCCCC(CC)OC(=O)CCCCCCCN(CCCCCCCC(=O)OC(CCCCCCCC)CCCCCCCC)CCCC1CN=S(=O)(NC)N1. The molecule has 0 aromatic heterocycles. The summed E-state index contributed by atoms with van der Waals surface area (Å²) in [5.74, 6) is 0.00220. The van der Waals surface area contributed by atoms with Gasteiger partial charge in [-0.05, 0) is 110 Å². The molecule has 0 aromatic carbocycles. The number of esters is 2. The minimum atomic E-state index is -2.44. The van der Waals surface area contributed by atoms with E-state index in [4.69, 9.17) is 9.47 Å². The van der Waals surface area contributed by atoms with Crippen molar-refractivity contribution >= 4 is 22.0 Å². The summed E-state index contributed by atoms with van der Waals surface area (Å²) >= 11 is 0. The van der Waals surface area contributed by atoms with Crippen LogP contribution in [0.4, 0.5) is 0 Å². The lowest BCUT2D eigenvalue weighted by Gasteiger charge is -2.23. The molecule has 1 rings (SSSR count). The Hall–Kier alpha value is -1.23. The normalized spacial score (nSPS) is 17.1. The summed E-state index contributed by atoms with van der Waals surface area (Å²) in [5, 5.41) is 0. The maximum atomic E-state index is 12.9. The molecule has 1 heterocycles. The summed E-state index contributed by atoms with van der Waals surface area (Å²) in [6, 6.07) is 0.176. The summed E-state index contributed by atoms with van der Waals surface area (Å²) in [5.41, 5.74) is 0. The fourth-order valence-electron chi connectivity index (χ4n) is 8.49. The third-order valence-electron chi connectivity index (χ3n) is 12.5. The number of carbonyl (C=O) groups excluding carboxylic acids is 2. The number of nitrogens with one attached hydrogen (secondary N) is 2. The van der Waals surface area contributed by atoms with Crippen LogP contribution < -0.4 is 9.44 Å². The molecule has 9 nitrogen and oxygen atoms in total. The zero-order chi connectivity index (χ0) is 43.8. The lowest BCUT2D eigenvalue weighted by Crippen LogP contribution is -2.37. The molecule has 3 unspecified atom stereocenters. The highest BCUT2D eigenvalue weighted by molar-refractivity contribution is 7.90. The summed E-state index contributed by atoms with van der Waals surface area (Å²) < 4.78 is 34.7. The van der Waals surface area contributed by atoms with Gasteiger partial charge in [-0.25, -0.2) is 18.0 Å². The van der Waals surface area contributed by atoms with E-state index in [-0.39, 0.29) is 30.2 Å². The van der Waals surface area contributed by atoms with Crippen molar-refractivity contribution in [2.24, 2.45) is 4.36 Å². The van der Waals surface area contributed by atoms with Crippen LogP contribution in [0, 0.1) is 0 Å². The van der Waals surface area contributed by atoms with Gasteiger partial charge in [0, 0.05) is 18.9 Å². The highest BCUT2D eigenvalue weighted by Gasteiger charge is 2.22. The molecule has 0 spiro atoms. The zero-order valence-corrected chi connectivity index (χ0v) is 41.2. The first-order chi connectivity index (χ1) is 29.3. The molecule has 0 fully saturated rings. The molecule has 356 valence electrons. The molecule has 2 N–H and O–H groups in total. The van der Waals surface area contributed by atoms with Crippen LogP contribution in [0.15, 0.2) is 4.36 Å². The summed E-state index contributed by atoms with van der Waals surface area (Å²) in [6.45, 7) is 12.8. The molecule has 0 saturated heterocycles. The van der Waals surface area contributed by atoms with Gasteiger partial charge >= 0.3 is 11.9 Å². The van der Waals surface area contributed by atoms with Crippen molar-refractivity contribution in [3.63, 3.8) is 0 Å². The molecular formula is C50H100N4O5S. The molecule has 0 amide bonds. The highest BCUT2D eigenvalue weighted by atomic mass is 32.2. The molecule has 0 saturated carbocycles. The van der Waals surface area contributed by atoms with Gasteiger partial charge in [0.15, 0.2) is 10.1 Å². The van der Waals surface area contributed by atoms with Gasteiger partial charge in [-0.3, -0.25) is 9.59 Å². The molecule has 0 bridgehead atoms. The fourth-order valence-corrected chi connectivity index (χ4v) is 9.85. The van der Waals surface area contributed by atoms with Gasteiger partial charge in [-0.15, -0.1) is 0 Å². The Morgan fingerprint density at radius 2 is 0.950 bits per heavy atom. The van der Waals surface area contributed by atoms with E-state index in [9.17, 15) is 13.8 Å². The second-order valence-electron chi connectivity index (χ2n) is 18.2. The fraction of sp³-hybridized carbons (Fsp3) is 0.960. The number of ether oxygens (including phenoxy) is 2. The molecule has 10 heteroatoms. The van der Waals surface area contributed by atoms with Crippen molar-refractivity contribution in [2.45, 2.75) is 277 Å². The standard InChI is InChI=1S/C50H100N4O5S/c1-6-10-13-16-21-28-37-47(9-4)58-49(55)40-31-24-19-26-33-42-54(44-35-36-46-45-52-60(57,51-5)53-46)43-34-27-20-25-32-41-50(56)59-48(38-29-22-17-14-11-7-2)39-30-23-18-15-12-8-3/h46-48H,6-45H2,1-5H3,(H2,51,52,53,57). The number of hydrogen-bond acceptors (Lipinski definition) is 7. The number of carbonyl (C=O) groups is 2. The molecule has 3 atom stereocenters. The van der Waals surface area contributed by atoms with Crippen LogP contribution in [-0.2, 0) is 29.2 Å². The summed E-state index contributed by atoms with van der Waals surface area (Å²) in [4.78, 5) is 28.0. The van der Waals surface area contributed by atoms with Crippen LogP contribution in [0.3, 0.4) is 0 Å². The monoisotopic (exact) mass is 869 g/mol. The van der Waals surface area contributed by atoms with Gasteiger partial charge in [0.25, 0.3) is 0 Å². The molecule has 1 aliphatic heterocycles. The van der Waals surface area contributed by atoms with E-state index in [1.165, 1.54) is 135 Å². The van der Waals surface area contributed by atoms with Gasteiger partial charge in [-0.1, -0.05) is 163 Å². The molecular weight excluding hydrogens is 769 g/mol. The number of rotatable bonds is 45. The van der Waals surface area contributed by atoms with Crippen LogP contribution in [-0.4, -0.2) is 72.5 Å². The van der Waals surface area contributed by atoms with Crippen molar-refractivity contribution in [3.05, 3.63) is 0 Å². The third kappa shape index (κ3) is 33.3. The minimum absolute atomic E-state index is 0.0136. The van der Waals surface area contributed by atoms with Crippen molar-refractivity contribution in [1.29, 1.82) is 0 Å². The minimum Gasteiger partial charge on any atom is -0.462 e. The maximum Gasteiger partial charge on any atom is 0.306 e. The van der Waals surface area contributed by atoms with E-state index in [1.807, 2.05) is 0 Å². The number of hydrogen-bond donors (Lipinski definition) is 2. The van der Waals surface area contributed by atoms with Crippen molar-refractivity contribution in [1.82, 2.24) is 14.3 Å². The molecule has 0 radical (unpaired) electrons. The quantitative estimate of drug-likeness (QED) is 0.0466. The van der Waals surface area contributed by atoms with Gasteiger partial charge in [0.2, 0.25) is 0 Å². The Kier molecular flexibility index (Phi) is 38.4. The Morgan fingerprint density at radius 1 is 0.567 bits per heavy atom. The average molecular weight is 869 g/mol. The highest BCUT2D eigenvalue weighted by Crippen LogP contribution is 2.19. The number of nitrogens with zero attached hydrogens (tertiary/aromatic N) is 2. The van der Waals surface area contributed by atoms with E-state index >= 15 is 0 Å². The van der Waals surface area contributed by atoms with Crippen LogP contribution in [0.5, 0.6) is 0 Å². The van der Waals surface area contributed by atoms with Crippen molar-refractivity contribution in [3.8, 4) is 0 Å². The second kappa shape index (κ2) is 40.5. The van der Waals surface area contributed by atoms with Gasteiger partial charge in [0.05, 0.1) is 6.54 Å². The first kappa shape index (κ1) is 56.8.